The van der Waals surface area contributed by atoms with Gasteiger partial charge in [0.1, 0.15) is 17.2 Å². The number of aliphatic carboxylic acids is 1. The van der Waals surface area contributed by atoms with E-state index in [4.69, 9.17) is 4.74 Å². The van der Waals surface area contributed by atoms with Gasteiger partial charge in [-0.1, -0.05) is 42.5 Å². The van der Waals surface area contributed by atoms with Gasteiger partial charge >= 0.3 is 24.5 Å². The minimum atomic E-state index is -5.23. The number of nitrogens with zero attached hydrogens (tertiary/aromatic N) is 2. The molecule has 0 unspecified atom stereocenters. The third-order valence-corrected chi connectivity index (χ3v) is 10.4. The lowest BCUT2D eigenvalue weighted by molar-refractivity contribution is -0.236. The maximum Gasteiger partial charge on any atom is 0.417 e. The SMILES string of the molecule is COc1ccc(CCN2CCC(F)(F)CC2)c(C(F)(F)F)c1-c1cccc2c(C[C@H](NC(=O)C3(C(F)(F)F)CCN(CC(F)(F)F)CC3)C(=O)O)cccc12. The van der Waals surface area contributed by atoms with Gasteiger partial charge in [0.15, 0.2) is 0 Å². The number of benzene rings is 3. The summed E-state index contributed by atoms with van der Waals surface area (Å²) in [6.07, 6.45) is -18.5. The van der Waals surface area contributed by atoms with Gasteiger partial charge in [-0.05, 0) is 65.9 Å². The van der Waals surface area contributed by atoms with E-state index in [1.165, 1.54) is 55.6 Å². The zero-order chi connectivity index (χ0) is 40.6. The molecule has 1 amide bonds. The quantitative estimate of drug-likeness (QED) is 0.191. The van der Waals surface area contributed by atoms with E-state index in [0.29, 0.717) is 0 Å². The lowest BCUT2D eigenvalue weighted by Gasteiger charge is -2.42. The molecule has 0 aromatic heterocycles. The number of piperidine rings is 2. The van der Waals surface area contributed by atoms with Crippen LogP contribution in [-0.2, 0) is 28.6 Å². The van der Waals surface area contributed by atoms with Crippen molar-refractivity contribution in [3.8, 4) is 16.9 Å². The summed E-state index contributed by atoms with van der Waals surface area (Å²) in [5, 5.41) is 12.4. The topological polar surface area (TPSA) is 82.1 Å². The Morgan fingerprint density at radius 1 is 0.818 bits per heavy atom. The summed E-state index contributed by atoms with van der Waals surface area (Å²) in [5.41, 5.74) is -4.47. The fourth-order valence-electron chi connectivity index (χ4n) is 7.45. The highest BCUT2D eigenvalue weighted by Gasteiger charge is 2.61. The number of likely N-dealkylation sites (tertiary alicyclic amines) is 2. The molecular weight excluding hydrogens is 759 g/mol. The fraction of sp³-hybridized carbons (Fsp3) is 0.514. The van der Waals surface area contributed by atoms with Crippen LogP contribution in [0.5, 0.6) is 5.75 Å². The molecular formula is C37H38F11N3O4. The molecule has 0 aliphatic carbocycles. The number of carboxylic acids is 1. The second kappa shape index (κ2) is 15.7. The molecule has 302 valence electrons. The van der Waals surface area contributed by atoms with Crippen molar-refractivity contribution < 1.29 is 67.7 Å². The van der Waals surface area contributed by atoms with Crippen molar-refractivity contribution in [2.24, 2.45) is 5.41 Å². The zero-order valence-electron chi connectivity index (χ0n) is 29.4. The maximum absolute atomic E-state index is 15.0. The Labute approximate surface area is 308 Å². The zero-order valence-corrected chi connectivity index (χ0v) is 29.4. The largest absolute Gasteiger partial charge is 0.496 e. The van der Waals surface area contributed by atoms with Crippen molar-refractivity contribution in [1.82, 2.24) is 15.1 Å². The smallest absolute Gasteiger partial charge is 0.417 e. The third kappa shape index (κ3) is 9.44. The maximum atomic E-state index is 15.0. The van der Waals surface area contributed by atoms with Crippen LogP contribution >= 0.6 is 0 Å². The average molecular weight is 798 g/mol. The Balaban J connectivity index is 1.47. The molecule has 1 atom stereocenters. The molecule has 0 bridgehead atoms. The molecule has 2 heterocycles. The van der Waals surface area contributed by atoms with Gasteiger partial charge in [-0.3, -0.25) is 9.69 Å². The van der Waals surface area contributed by atoms with E-state index >= 15 is 0 Å². The summed E-state index contributed by atoms with van der Waals surface area (Å²) >= 11 is 0. The number of halogens is 11. The van der Waals surface area contributed by atoms with Crippen molar-refractivity contribution in [2.45, 2.75) is 69.0 Å². The summed E-state index contributed by atoms with van der Waals surface area (Å²) in [4.78, 5) is 28.1. The summed E-state index contributed by atoms with van der Waals surface area (Å²) in [6, 6.07) is 9.20. The molecule has 0 saturated carbocycles. The first-order valence-corrected chi connectivity index (χ1v) is 17.3. The molecule has 2 aliphatic heterocycles. The Morgan fingerprint density at radius 3 is 1.98 bits per heavy atom. The minimum absolute atomic E-state index is 0.0129. The van der Waals surface area contributed by atoms with Gasteiger partial charge in [-0.2, -0.15) is 39.5 Å². The van der Waals surface area contributed by atoms with Crippen molar-refractivity contribution >= 4 is 22.6 Å². The first-order valence-electron chi connectivity index (χ1n) is 17.3. The summed E-state index contributed by atoms with van der Waals surface area (Å²) in [6.45, 7) is -2.82. The number of carboxylic acid groups (broad SMARTS) is 1. The second-order valence-corrected chi connectivity index (χ2v) is 14.0. The number of ether oxygens (including phenoxy) is 1. The van der Waals surface area contributed by atoms with Gasteiger partial charge in [-0.15, -0.1) is 0 Å². The van der Waals surface area contributed by atoms with E-state index in [2.05, 4.69) is 0 Å². The second-order valence-electron chi connectivity index (χ2n) is 14.0. The van der Waals surface area contributed by atoms with Crippen molar-refractivity contribution in [3.05, 3.63) is 65.2 Å². The van der Waals surface area contributed by atoms with Gasteiger partial charge in [0, 0.05) is 44.5 Å². The summed E-state index contributed by atoms with van der Waals surface area (Å²) < 4.78 is 160. The van der Waals surface area contributed by atoms with E-state index in [1.54, 1.807) is 4.90 Å². The Kier molecular flexibility index (Phi) is 12.0. The van der Waals surface area contributed by atoms with Crippen LogP contribution in [0.4, 0.5) is 48.3 Å². The number of alkyl halides is 11. The number of hydrogen-bond donors (Lipinski definition) is 2. The molecule has 2 saturated heterocycles. The standard InChI is InChI=1S/C37H38F11N3O4/c1-55-28-9-8-22(10-15-50-18-13-34(38,39)14-19-50)30(36(43,44)45)29(28)26-7-3-5-24-23(4-2-6-25(24)26)20-27(31(52)53)49-32(54)33(37(46,47)48)11-16-51(17-12-33)21-35(40,41)42/h2-9,27H,10-21H2,1H3,(H,49,54)(H,52,53)/t27-/m0/s1. The average Bonchev–Trinajstić information content (AvgIpc) is 3.09. The lowest BCUT2D eigenvalue weighted by atomic mass is 9.76. The van der Waals surface area contributed by atoms with Gasteiger partial charge in [0.25, 0.3) is 5.92 Å². The molecule has 7 nitrogen and oxygen atoms in total. The Hall–Kier alpha value is -4.19. The summed E-state index contributed by atoms with van der Waals surface area (Å²) in [5.74, 6) is -6.43. The highest BCUT2D eigenvalue weighted by molar-refractivity contribution is 6.01. The highest BCUT2D eigenvalue weighted by Crippen LogP contribution is 2.48. The molecule has 3 aromatic rings. The molecule has 18 heteroatoms. The van der Waals surface area contributed by atoms with Crippen LogP contribution in [0.1, 0.15) is 42.4 Å². The number of methoxy groups -OCH3 is 1. The number of fused-ring (bicyclic) bond motifs is 1. The predicted molar refractivity (Wildman–Crippen MR) is 179 cm³/mol. The van der Waals surface area contributed by atoms with Crippen LogP contribution in [0.15, 0.2) is 48.5 Å². The fourth-order valence-corrected chi connectivity index (χ4v) is 7.45. The number of hydrogen-bond acceptors (Lipinski definition) is 5. The van der Waals surface area contributed by atoms with Gasteiger partial charge in [-0.25, -0.2) is 13.6 Å². The van der Waals surface area contributed by atoms with E-state index in [9.17, 15) is 63.0 Å². The number of carbonyl (C=O) groups excluding carboxylic acids is 1. The molecule has 0 radical (unpaired) electrons. The van der Waals surface area contributed by atoms with Crippen molar-refractivity contribution in [1.29, 1.82) is 0 Å². The first kappa shape index (κ1) is 42.0. The van der Waals surface area contributed by atoms with E-state index in [-0.39, 0.29) is 64.8 Å². The molecule has 2 fully saturated rings. The van der Waals surface area contributed by atoms with Crippen LogP contribution < -0.4 is 10.1 Å². The van der Waals surface area contributed by atoms with E-state index < -0.39 is 105 Å². The van der Waals surface area contributed by atoms with Crippen LogP contribution in [0, 0.1) is 5.41 Å². The van der Waals surface area contributed by atoms with Crippen LogP contribution in [0.2, 0.25) is 0 Å². The lowest BCUT2D eigenvalue weighted by Crippen LogP contribution is -2.59. The molecule has 2 N–H and O–H groups in total. The Morgan fingerprint density at radius 2 is 1.42 bits per heavy atom. The highest BCUT2D eigenvalue weighted by atomic mass is 19.4. The van der Waals surface area contributed by atoms with Crippen LogP contribution in [0.25, 0.3) is 21.9 Å². The summed E-state index contributed by atoms with van der Waals surface area (Å²) in [7, 11) is 1.18. The van der Waals surface area contributed by atoms with Crippen molar-refractivity contribution in [2.75, 3.05) is 46.4 Å². The minimum Gasteiger partial charge on any atom is -0.496 e. The molecule has 3 aromatic carbocycles. The molecule has 2 aliphatic rings. The van der Waals surface area contributed by atoms with Crippen LogP contribution in [0.3, 0.4) is 0 Å². The van der Waals surface area contributed by atoms with Crippen LogP contribution in [-0.4, -0.2) is 97.5 Å². The van der Waals surface area contributed by atoms with Crippen molar-refractivity contribution in [3.63, 3.8) is 0 Å². The molecule has 5 rings (SSSR count). The number of carbonyl (C=O) groups is 2. The van der Waals surface area contributed by atoms with Gasteiger partial charge in [0.2, 0.25) is 5.91 Å². The number of rotatable bonds is 11. The number of nitrogens with one attached hydrogen (secondary N) is 1. The normalized spacial score (nSPS) is 18.9. The monoisotopic (exact) mass is 797 g/mol. The Bertz CT molecular complexity index is 1860. The third-order valence-electron chi connectivity index (χ3n) is 10.4. The van der Waals surface area contributed by atoms with Gasteiger partial charge in [0.05, 0.1) is 19.2 Å². The van der Waals surface area contributed by atoms with E-state index in [1.807, 2.05) is 5.32 Å². The first-order chi connectivity index (χ1) is 25.5. The van der Waals surface area contributed by atoms with Gasteiger partial charge < -0.3 is 20.1 Å². The number of amides is 1. The molecule has 0 spiro atoms. The predicted octanol–water partition coefficient (Wildman–Crippen LogP) is 8.13. The van der Waals surface area contributed by atoms with E-state index in [0.717, 1.165) is 4.90 Å². The molecule has 55 heavy (non-hydrogen) atoms.